The summed E-state index contributed by atoms with van der Waals surface area (Å²) < 4.78 is 5.44. The molecule has 6 N–H and O–H groups in total. The molecule has 188 valence electrons. The number of fused-ring (bicyclic) bond motifs is 1. The smallest absolute Gasteiger partial charge is 0.252 e. The minimum Gasteiger partial charge on any atom is -0.491 e. The maximum absolute atomic E-state index is 12.4. The van der Waals surface area contributed by atoms with Gasteiger partial charge < -0.3 is 30.9 Å². The maximum atomic E-state index is 12.4. The molecule has 0 spiro atoms. The lowest BCUT2D eigenvalue weighted by Gasteiger charge is -2.17. The number of primary amides is 1. The van der Waals surface area contributed by atoms with Gasteiger partial charge in [-0.3, -0.25) is 4.79 Å². The van der Waals surface area contributed by atoms with Crippen molar-refractivity contribution in [1.29, 1.82) is 0 Å². The lowest BCUT2D eigenvalue weighted by atomic mass is 9.99. The Hall–Kier alpha value is -4.70. The zero-order valence-electron chi connectivity index (χ0n) is 20.3. The van der Waals surface area contributed by atoms with Gasteiger partial charge in [0.05, 0.1) is 17.9 Å². The highest BCUT2D eigenvalue weighted by Crippen LogP contribution is 2.33. The van der Waals surface area contributed by atoms with Gasteiger partial charge in [0.25, 0.3) is 5.91 Å². The summed E-state index contributed by atoms with van der Waals surface area (Å²) in [4.78, 5) is 32.2. The van der Waals surface area contributed by atoms with E-state index in [2.05, 4.69) is 43.2 Å². The second-order valence-corrected chi connectivity index (χ2v) is 8.43. The molecule has 10 nitrogen and oxygen atoms in total. The van der Waals surface area contributed by atoms with Crippen molar-refractivity contribution in [3.8, 4) is 17.1 Å². The van der Waals surface area contributed by atoms with E-state index in [0.717, 1.165) is 34.6 Å². The summed E-state index contributed by atoms with van der Waals surface area (Å²) in [5.74, 6) is 1.51. The summed E-state index contributed by atoms with van der Waals surface area (Å²) in [7, 11) is 0. The van der Waals surface area contributed by atoms with Crippen LogP contribution in [0.5, 0.6) is 5.75 Å². The van der Waals surface area contributed by atoms with Gasteiger partial charge >= 0.3 is 0 Å². The number of amides is 1. The van der Waals surface area contributed by atoms with Crippen LogP contribution in [-0.2, 0) is 12.8 Å². The fourth-order valence-electron chi connectivity index (χ4n) is 4.33. The van der Waals surface area contributed by atoms with Crippen LogP contribution < -0.4 is 15.8 Å². The van der Waals surface area contributed by atoms with Crippen molar-refractivity contribution in [2.75, 3.05) is 18.5 Å². The summed E-state index contributed by atoms with van der Waals surface area (Å²) in [5, 5.41) is 12.4. The molecule has 3 aromatic heterocycles. The fourth-order valence-corrected chi connectivity index (χ4v) is 4.33. The number of ether oxygens (including phenoxy) is 1. The van der Waals surface area contributed by atoms with Crippen molar-refractivity contribution in [2.24, 2.45) is 5.73 Å². The Morgan fingerprint density at radius 3 is 2.70 bits per heavy atom. The van der Waals surface area contributed by atoms with Crippen LogP contribution in [0.25, 0.3) is 22.6 Å². The van der Waals surface area contributed by atoms with E-state index in [1.54, 1.807) is 24.5 Å². The van der Waals surface area contributed by atoms with E-state index >= 15 is 0 Å². The standard InChI is InChI=1S/C27H27N7O3/c1-2-19-17(14-22-29-10-11-30-22)4-3-5-21(19)32-23-20(25(28)36)15-31-27-24(23)33-26(34-27)16-6-8-18(9-7-16)37-13-12-35/h3-11,15,35H,2,12-14H2,1H3,(H2,28,36)(H,29,30)(H2,31,32,33,34). The predicted molar refractivity (Wildman–Crippen MR) is 141 cm³/mol. The number of aliphatic hydroxyl groups is 1. The van der Waals surface area contributed by atoms with Gasteiger partial charge in [0.1, 0.15) is 29.5 Å². The molecule has 0 aliphatic carbocycles. The molecule has 10 heteroatoms. The molecule has 0 bridgehead atoms. The number of nitrogens with zero attached hydrogens (tertiary/aromatic N) is 3. The van der Waals surface area contributed by atoms with Gasteiger partial charge in [0, 0.05) is 36.3 Å². The van der Waals surface area contributed by atoms with Gasteiger partial charge in [0.2, 0.25) is 0 Å². The summed E-state index contributed by atoms with van der Waals surface area (Å²) >= 11 is 0. The van der Waals surface area contributed by atoms with E-state index in [0.29, 0.717) is 34.8 Å². The van der Waals surface area contributed by atoms with E-state index in [1.807, 2.05) is 24.3 Å². The van der Waals surface area contributed by atoms with E-state index in [1.165, 1.54) is 6.20 Å². The molecule has 2 aromatic carbocycles. The number of benzene rings is 2. The van der Waals surface area contributed by atoms with Crippen molar-refractivity contribution < 1.29 is 14.6 Å². The van der Waals surface area contributed by atoms with Gasteiger partial charge in [-0.05, 0) is 47.9 Å². The monoisotopic (exact) mass is 497 g/mol. The van der Waals surface area contributed by atoms with Crippen molar-refractivity contribution in [2.45, 2.75) is 19.8 Å². The number of imidazole rings is 2. The number of nitrogens with two attached hydrogens (primary N) is 1. The lowest BCUT2D eigenvalue weighted by Crippen LogP contribution is -2.14. The van der Waals surface area contributed by atoms with Crippen LogP contribution in [0, 0.1) is 0 Å². The van der Waals surface area contributed by atoms with Gasteiger partial charge in [-0.1, -0.05) is 19.1 Å². The third kappa shape index (κ3) is 5.00. The topological polar surface area (TPSA) is 155 Å². The molecule has 5 rings (SSSR count). The molecule has 0 aliphatic heterocycles. The van der Waals surface area contributed by atoms with Crippen LogP contribution in [0.1, 0.15) is 34.2 Å². The largest absolute Gasteiger partial charge is 0.491 e. The number of aromatic nitrogens is 5. The highest BCUT2D eigenvalue weighted by atomic mass is 16.5. The van der Waals surface area contributed by atoms with E-state index < -0.39 is 5.91 Å². The van der Waals surface area contributed by atoms with E-state index in [9.17, 15) is 4.79 Å². The highest BCUT2D eigenvalue weighted by molar-refractivity contribution is 6.06. The first-order chi connectivity index (χ1) is 18.1. The Balaban J connectivity index is 1.54. The predicted octanol–water partition coefficient (Wildman–Crippen LogP) is 3.71. The summed E-state index contributed by atoms with van der Waals surface area (Å²) in [5.41, 5.74) is 11.4. The molecule has 5 aromatic rings. The zero-order valence-corrected chi connectivity index (χ0v) is 20.3. The van der Waals surface area contributed by atoms with Crippen LogP contribution in [-0.4, -0.2) is 49.1 Å². The summed E-state index contributed by atoms with van der Waals surface area (Å²) in [6, 6.07) is 13.4. The first kappa shape index (κ1) is 24.0. The molecule has 0 atom stereocenters. The number of rotatable bonds is 10. The van der Waals surface area contributed by atoms with Gasteiger partial charge in [-0.2, -0.15) is 0 Å². The number of aromatic amines is 2. The van der Waals surface area contributed by atoms with Crippen LogP contribution in [0.2, 0.25) is 0 Å². The van der Waals surface area contributed by atoms with Gasteiger partial charge in [-0.25, -0.2) is 15.0 Å². The number of H-pyrrole nitrogens is 2. The third-order valence-corrected chi connectivity index (χ3v) is 6.07. The molecule has 0 fully saturated rings. The van der Waals surface area contributed by atoms with E-state index in [4.69, 9.17) is 15.6 Å². The number of anilines is 2. The number of hydrogen-bond donors (Lipinski definition) is 5. The van der Waals surface area contributed by atoms with Crippen molar-refractivity contribution in [1.82, 2.24) is 24.9 Å². The average Bonchev–Trinajstić information content (AvgIpc) is 3.58. The summed E-state index contributed by atoms with van der Waals surface area (Å²) in [6.45, 7) is 2.26. The SMILES string of the molecule is CCc1c(Cc2ncc[nH]2)cccc1Nc1c(C(N)=O)cnc2nc(-c3ccc(OCCO)cc3)[nH]c12. The van der Waals surface area contributed by atoms with Crippen LogP contribution in [0.15, 0.2) is 61.1 Å². The van der Waals surface area contributed by atoms with Crippen molar-refractivity contribution >= 4 is 28.4 Å². The first-order valence-electron chi connectivity index (χ1n) is 12.0. The fraction of sp³-hybridized carbons (Fsp3) is 0.185. The number of carbonyl (C=O) groups is 1. The molecule has 0 radical (unpaired) electrons. The van der Waals surface area contributed by atoms with Crippen LogP contribution >= 0.6 is 0 Å². The molecule has 1 amide bonds. The Labute approximate surface area is 213 Å². The van der Waals surface area contributed by atoms with Crippen molar-refractivity contribution in [3.63, 3.8) is 0 Å². The van der Waals surface area contributed by atoms with Crippen LogP contribution in [0.4, 0.5) is 11.4 Å². The molecule has 0 saturated heterocycles. The Kier molecular flexibility index (Phi) is 6.82. The lowest BCUT2D eigenvalue weighted by molar-refractivity contribution is 0.100. The second kappa shape index (κ2) is 10.5. The minimum atomic E-state index is -0.594. The van der Waals surface area contributed by atoms with E-state index in [-0.39, 0.29) is 18.8 Å². The molecule has 0 unspecified atom stereocenters. The molecule has 0 saturated carbocycles. The summed E-state index contributed by atoms with van der Waals surface area (Å²) in [6.07, 6.45) is 6.43. The Morgan fingerprint density at radius 2 is 2.00 bits per heavy atom. The zero-order chi connectivity index (χ0) is 25.8. The normalized spacial score (nSPS) is 11.1. The van der Waals surface area contributed by atoms with Gasteiger partial charge in [0.15, 0.2) is 5.65 Å². The first-order valence-corrected chi connectivity index (χ1v) is 12.0. The minimum absolute atomic E-state index is 0.0551. The average molecular weight is 498 g/mol. The quantitative estimate of drug-likeness (QED) is 0.197. The number of hydrogen-bond acceptors (Lipinski definition) is 7. The molecular weight excluding hydrogens is 470 g/mol. The van der Waals surface area contributed by atoms with Crippen LogP contribution in [0.3, 0.4) is 0 Å². The number of carbonyl (C=O) groups excluding carboxylic acids is 1. The highest BCUT2D eigenvalue weighted by Gasteiger charge is 2.19. The van der Waals surface area contributed by atoms with Gasteiger partial charge in [-0.15, -0.1) is 0 Å². The number of aliphatic hydroxyl groups excluding tert-OH is 1. The number of pyridine rings is 1. The second-order valence-electron chi connectivity index (χ2n) is 8.43. The third-order valence-electron chi connectivity index (χ3n) is 6.07. The Bertz CT molecular complexity index is 1530. The molecule has 0 aliphatic rings. The van der Waals surface area contributed by atoms with Crippen molar-refractivity contribution in [3.05, 3.63) is 83.6 Å². The Morgan fingerprint density at radius 1 is 1.16 bits per heavy atom. The molecular formula is C27H27N7O3. The molecule has 37 heavy (non-hydrogen) atoms. The maximum Gasteiger partial charge on any atom is 0.252 e. The molecule has 3 heterocycles. The number of nitrogens with one attached hydrogen (secondary N) is 3.